The molecule has 1 rings (SSSR count). The van der Waals surface area contributed by atoms with Crippen LogP contribution in [0, 0.1) is 0 Å². The predicted molar refractivity (Wildman–Crippen MR) is 67.8 cm³/mol. The van der Waals surface area contributed by atoms with Crippen molar-refractivity contribution in [2.75, 3.05) is 13.6 Å². The zero-order chi connectivity index (χ0) is 12.9. The van der Waals surface area contributed by atoms with E-state index in [2.05, 4.69) is 4.98 Å². The molecule has 0 spiro atoms. The van der Waals surface area contributed by atoms with Gasteiger partial charge in [0.25, 0.3) is 0 Å². The van der Waals surface area contributed by atoms with Crippen LogP contribution in [-0.4, -0.2) is 36.5 Å². The van der Waals surface area contributed by atoms with Crippen molar-refractivity contribution in [1.82, 2.24) is 9.29 Å². The number of rotatable bonds is 6. The van der Waals surface area contributed by atoms with E-state index in [9.17, 15) is 8.42 Å². The molecule has 0 saturated carbocycles. The van der Waals surface area contributed by atoms with Crippen LogP contribution in [0.3, 0.4) is 0 Å². The van der Waals surface area contributed by atoms with Crippen LogP contribution in [0.4, 0.5) is 0 Å². The van der Waals surface area contributed by atoms with E-state index in [1.165, 1.54) is 4.31 Å². The SMILES string of the molecule is CCC(CN)S(=O)(=O)N(C)Cc1ccncc1. The van der Waals surface area contributed by atoms with Gasteiger partial charge in [0.1, 0.15) is 0 Å². The lowest BCUT2D eigenvalue weighted by Crippen LogP contribution is -2.39. The fourth-order valence-corrected chi connectivity index (χ4v) is 3.09. The van der Waals surface area contributed by atoms with Gasteiger partial charge < -0.3 is 5.73 Å². The molecule has 0 fully saturated rings. The van der Waals surface area contributed by atoms with Gasteiger partial charge in [-0.25, -0.2) is 12.7 Å². The van der Waals surface area contributed by atoms with Crippen molar-refractivity contribution >= 4 is 10.0 Å². The molecule has 96 valence electrons. The Morgan fingerprint density at radius 2 is 2.00 bits per heavy atom. The Bertz CT molecular complexity index is 429. The highest BCUT2D eigenvalue weighted by Crippen LogP contribution is 2.13. The zero-order valence-electron chi connectivity index (χ0n) is 10.2. The molecule has 17 heavy (non-hydrogen) atoms. The summed E-state index contributed by atoms with van der Waals surface area (Å²) in [4.78, 5) is 3.89. The minimum atomic E-state index is -3.31. The minimum absolute atomic E-state index is 0.152. The highest BCUT2D eigenvalue weighted by molar-refractivity contribution is 7.89. The maximum atomic E-state index is 12.1. The number of hydrogen-bond donors (Lipinski definition) is 1. The van der Waals surface area contributed by atoms with Gasteiger partial charge in [-0.15, -0.1) is 0 Å². The molecule has 5 nitrogen and oxygen atoms in total. The Labute approximate surface area is 103 Å². The van der Waals surface area contributed by atoms with Crippen molar-refractivity contribution in [3.63, 3.8) is 0 Å². The third kappa shape index (κ3) is 3.49. The molecule has 0 aliphatic heterocycles. The summed E-state index contributed by atoms with van der Waals surface area (Å²) in [5.74, 6) is 0. The molecule has 2 N–H and O–H groups in total. The van der Waals surface area contributed by atoms with Crippen LogP contribution in [0.1, 0.15) is 18.9 Å². The van der Waals surface area contributed by atoms with E-state index in [1.807, 2.05) is 6.92 Å². The molecule has 6 heteroatoms. The third-order valence-electron chi connectivity index (χ3n) is 2.73. The molecule has 0 aliphatic carbocycles. The number of nitrogens with zero attached hydrogens (tertiary/aromatic N) is 2. The van der Waals surface area contributed by atoms with E-state index in [0.29, 0.717) is 13.0 Å². The molecule has 0 aromatic carbocycles. The van der Waals surface area contributed by atoms with E-state index in [4.69, 9.17) is 5.73 Å². The van der Waals surface area contributed by atoms with Gasteiger partial charge in [0, 0.05) is 32.5 Å². The maximum Gasteiger partial charge on any atom is 0.218 e. The topological polar surface area (TPSA) is 76.3 Å². The summed E-state index contributed by atoms with van der Waals surface area (Å²) in [6.45, 7) is 2.33. The van der Waals surface area contributed by atoms with E-state index < -0.39 is 15.3 Å². The van der Waals surface area contributed by atoms with Crippen molar-refractivity contribution in [3.05, 3.63) is 30.1 Å². The van der Waals surface area contributed by atoms with Crippen LogP contribution < -0.4 is 5.73 Å². The summed E-state index contributed by atoms with van der Waals surface area (Å²) in [6, 6.07) is 3.60. The number of aromatic nitrogens is 1. The number of nitrogens with two attached hydrogens (primary N) is 1. The average molecular weight is 257 g/mol. The van der Waals surface area contributed by atoms with Crippen molar-refractivity contribution in [2.45, 2.75) is 25.1 Å². The first-order valence-corrected chi connectivity index (χ1v) is 7.06. The fourth-order valence-electron chi connectivity index (χ4n) is 1.59. The van der Waals surface area contributed by atoms with Crippen molar-refractivity contribution in [3.8, 4) is 0 Å². The lowest BCUT2D eigenvalue weighted by Gasteiger charge is -2.22. The first-order chi connectivity index (χ1) is 8.02. The van der Waals surface area contributed by atoms with Crippen LogP contribution >= 0.6 is 0 Å². The highest BCUT2D eigenvalue weighted by atomic mass is 32.2. The van der Waals surface area contributed by atoms with Gasteiger partial charge in [-0.05, 0) is 24.1 Å². The summed E-state index contributed by atoms with van der Waals surface area (Å²) in [6.07, 6.45) is 3.82. The lowest BCUT2D eigenvalue weighted by atomic mass is 10.3. The second-order valence-electron chi connectivity index (χ2n) is 3.92. The molecule has 1 aromatic heterocycles. The Kier molecular flexibility index (Phi) is 5.04. The van der Waals surface area contributed by atoms with Gasteiger partial charge >= 0.3 is 0 Å². The summed E-state index contributed by atoms with van der Waals surface area (Å²) in [7, 11) is -1.73. The molecule has 0 radical (unpaired) electrons. The average Bonchev–Trinajstić information content (AvgIpc) is 2.31. The Balaban J connectivity index is 2.80. The highest BCUT2D eigenvalue weighted by Gasteiger charge is 2.26. The van der Waals surface area contributed by atoms with Gasteiger partial charge in [-0.3, -0.25) is 4.98 Å². The quantitative estimate of drug-likeness (QED) is 0.809. The second-order valence-corrected chi connectivity index (χ2v) is 6.24. The van der Waals surface area contributed by atoms with E-state index in [0.717, 1.165) is 5.56 Å². The first kappa shape index (κ1) is 14.1. The number of sulfonamides is 1. The summed E-state index contributed by atoms with van der Waals surface area (Å²) in [5, 5.41) is -0.505. The normalized spacial score (nSPS) is 13.9. The zero-order valence-corrected chi connectivity index (χ0v) is 11.0. The molecular formula is C11H19N3O2S. The molecule has 1 aromatic rings. The Morgan fingerprint density at radius 1 is 1.41 bits per heavy atom. The standard InChI is InChI=1S/C11H19N3O2S/c1-3-11(8-12)17(15,16)14(2)9-10-4-6-13-7-5-10/h4-7,11H,3,8-9,12H2,1-2H3. The second kappa shape index (κ2) is 6.09. The summed E-state index contributed by atoms with van der Waals surface area (Å²) < 4.78 is 25.6. The fraction of sp³-hybridized carbons (Fsp3) is 0.545. The summed E-state index contributed by atoms with van der Waals surface area (Å²) in [5.41, 5.74) is 6.40. The Morgan fingerprint density at radius 3 is 2.47 bits per heavy atom. The number of pyridine rings is 1. The van der Waals surface area contributed by atoms with E-state index in [-0.39, 0.29) is 6.54 Å². The third-order valence-corrected chi connectivity index (χ3v) is 5.09. The molecular weight excluding hydrogens is 238 g/mol. The number of hydrogen-bond acceptors (Lipinski definition) is 4. The molecule has 0 saturated heterocycles. The molecule has 0 bridgehead atoms. The molecule has 1 heterocycles. The lowest BCUT2D eigenvalue weighted by molar-refractivity contribution is 0.453. The van der Waals surface area contributed by atoms with Gasteiger partial charge in [0.15, 0.2) is 0 Å². The van der Waals surface area contributed by atoms with Crippen molar-refractivity contribution < 1.29 is 8.42 Å². The minimum Gasteiger partial charge on any atom is -0.329 e. The molecule has 0 aliphatic rings. The van der Waals surface area contributed by atoms with E-state index in [1.54, 1.807) is 31.6 Å². The molecule has 1 unspecified atom stereocenters. The smallest absolute Gasteiger partial charge is 0.218 e. The predicted octanol–water partition coefficient (Wildman–Crippen LogP) is 0.581. The van der Waals surface area contributed by atoms with Crippen LogP contribution in [0.15, 0.2) is 24.5 Å². The summed E-state index contributed by atoms with van der Waals surface area (Å²) >= 11 is 0. The molecule has 0 amide bonds. The first-order valence-electron chi connectivity index (χ1n) is 5.56. The van der Waals surface area contributed by atoms with Gasteiger partial charge in [0.2, 0.25) is 10.0 Å². The van der Waals surface area contributed by atoms with Crippen LogP contribution in [-0.2, 0) is 16.6 Å². The van der Waals surface area contributed by atoms with Gasteiger partial charge in [-0.1, -0.05) is 6.92 Å². The van der Waals surface area contributed by atoms with Crippen LogP contribution in [0.5, 0.6) is 0 Å². The van der Waals surface area contributed by atoms with Crippen molar-refractivity contribution in [2.24, 2.45) is 5.73 Å². The Hall–Kier alpha value is -0.980. The monoisotopic (exact) mass is 257 g/mol. The van der Waals surface area contributed by atoms with Gasteiger partial charge in [0.05, 0.1) is 5.25 Å². The van der Waals surface area contributed by atoms with Crippen LogP contribution in [0.25, 0.3) is 0 Å². The van der Waals surface area contributed by atoms with Gasteiger partial charge in [-0.2, -0.15) is 0 Å². The van der Waals surface area contributed by atoms with E-state index >= 15 is 0 Å². The van der Waals surface area contributed by atoms with Crippen molar-refractivity contribution in [1.29, 1.82) is 0 Å². The largest absolute Gasteiger partial charge is 0.329 e. The molecule has 1 atom stereocenters. The maximum absolute atomic E-state index is 12.1. The van der Waals surface area contributed by atoms with Crippen LogP contribution in [0.2, 0.25) is 0 Å².